The fourth-order valence-corrected chi connectivity index (χ4v) is 1.12. The third-order valence-corrected chi connectivity index (χ3v) is 1.91. The first-order valence-corrected chi connectivity index (χ1v) is 4.62. The lowest BCUT2D eigenvalue weighted by molar-refractivity contribution is 0.494. The maximum absolute atomic E-state index is 2.39. The van der Waals surface area contributed by atoms with E-state index >= 15 is 0 Å². The Balaban J connectivity index is 3.00. The van der Waals surface area contributed by atoms with Crippen LogP contribution in [0.15, 0.2) is 0 Å². The van der Waals surface area contributed by atoms with Gasteiger partial charge in [-0.05, 0) is 18.8 Å². The smallest absolute Gasteiger partial charge is 0.0386 e. The molecule has 0 fully saturated rings. The summed E-state index contributed by atoms with van der Waals surface area (Å²) in [5.74, 6) is 0.917. The number of unbranched alkanes of at least 4 members (excludes halogenated alkanes) is 2. The zero-order valence-electron chi connectivity index (χ0n) is 7.69. The molecular weight excluding hydrogens is 120 g/mol. The molecule has 0 saturated heterocycles. The van der Waals surface area contributed by atoms with Gasteiger partial charge in [0.05, 0.1) is 0 Å². The van der Waals surface area contributed by atoms with Crippen molar-refractivity contribution in [1.29, 1.82) is 0 Å². The molecule has 0 amide bonds. The number of rotatable bonds is 6. The molecule has 0 aromatic carbocycles. The Morgan fingerprint density at radius 2 is 2.00 bits per heavy atom. The first-order chi connectivity index (χ1) is 4.81. The molecule has 61 valence electrons. The summed E-state index contributed by atoms with van der Waals surface area (Å²) in [4.78, 5) is 0. The van der Waals surface area contributed by atoms with Gasteiger partial charge in [0.2, 0.25) is 0 Å². The minimum Gasteiger partial charge on any atom is -0.0654 e. The monoisotopic (exact) mass is 141 g/mol. The van der Waals surface area contributed by atoms with Crippen LogP contribution in [0.4, 0.5) is 0 Å². The molecule has 1 radical (unpaired) electrons. The van der Waals surface area contributed by atoms with Crippen LogP contribution < -0.4 is 0 Å². The number of hydrogen-bond donors (Lipinski definition) is 0. The lowest BCUT2D eigenvalue weighted by atomic mass is 9.98. The molecule has 1 atom stereocenters. The van der Waals surface area contributed by atoms with Gasteiger partial charge >= 0.3 is 0 Å². The molecule has 0 bridgehead atoms. The summed E-state index contributed by atoms with van der Waals surface area (Å²) in [6.45, 7) is 6.82. The van der Waals surface area contributed by atoms with Gasteiger partial charge in [-0.2, -0.15) is 0 Å². The predicted octanol–water partition coefficient (Wildman–Crippen LogP) is 3.82. The van der Waals surface area contributed by atoms with Gasteiger partial charge in [0, 0.05) is 0 Å². The van der Waals surface area contributed by atoms with Crippen LogP contribution >= 0.6 is 0 Å². The third kappa shape index (κ3) is 6.12. The van der Waals surface area contributed by atoms with Crippen molar-refractivity contribution >= 4 is 0 Å². The largest absolute Gasteiger partial charge is 0.0654 e. The van der Waals surface area contributed by atoms with Crippen molar-refractivity contribution in [3.05, 3.63) is 6.42 Å². The van der Waals surface area contributed by atoms with Crippen LogP contribution in [-0.2, 0) is 0 Å². The van der Waals surface area contributed by atoms with Gasteiger partial charge in [-0.15, -0.1) is 0 Å². The van der Waals surface area contributed by atoms with Crippen LogP contribution in [0, 0.1) is 12.3 Å². The highest BCUT2D eigenvalue weighted by atomic mass is 14.0. The van der Waals surface area contributed by atoms with E-state index in [4.69, 9.17) is 0 Å². The van der Waals surface area contributed by atoms with Crippen LogP contribution in [0.25, 0.3) is 0 Å². The van der Waals surface area contributed by atoms with Gasteiger partial charge in [0.1, 0.15) is 0 Å². The van der Waals surface area contributed by atoms with Crippen molar-refractivity contribution in [3.63, 3.8) is 0 Å². The Bertz CT molecular complexity index is 49.1. The Kier molecular flexibility index (Phi) is 7.11. The van der Waals surface area contributed by atoms with Crippen molar-refractivity contribution in [1.82, 2.24) is 0 Å². The first kappa shape index (κ1) is 10.0. The third-order valence-electron chi connectivity index (χ3n) is 1.91. The van der Waals surface area contributed by atoms with Crippen LogP contribution in [0.5, 0.6) is 0 Å². The highest BCUT2D eigenvalue weighted by Gasteiger charge is 1.98. The average Bonchev–Trinajstić information content (AvgIpc) is 1.97. The maximum atomic E-state index is 2.39. The molecule has 0 aliphatic heterocycles. The van der Waals surface area contributed by atoms with Crippen molar-refractivity contribution < 1.29 is 0 Å². The summed E-state index contributed by atoms with van der Waals surface area (Å²) in [7, 11) is 0. The fourth-order valence-electron chi connectivity index (χ4n) is 1.12. The molecule has 0 aliphatic rings. The van der Waals surface area contributed by atoms with Gasteiger partial charge in [0.15, 0.2) is 0 Å². The van der Waals surface area contributed by atoms with E-state index in [9.17, 15) is 0 Å². The Morgan fingerprint density at radius 3 is 2.50 bits per heavy atom. The van der Waals surface area contributed by atoms with E-state index in [2.05, 4.69) is 27.2 Å². The van der Waals surface area contributed by atoms with E-state index in [0.29, 0.717) is 0 Å². The fraction of sp³-hybridized carbons (Fsp3) is 0.900. The second-order valence-corrected chi connectivity index (χ2v) is 3.18. The van der Waals surface area contributed by atoms with E-state index in [1.165, 1.54) is 32.1 Å². The molecule has 0 heterocycles. The van der Waals surface area contributed by atoms with Gasteiger partial charge in [-0.25, -0.2) is 0 Å². The summed E-state index contributed by atoms with van der Waals surface area (Å²) in [6, 6.07) is 0. The Morgan fingerprint density at radius 1 is 1.30 bits per heavy atom. The zero-order valence-corrected chi connectivity index (χ0v) is 7.69. The van der Waals surface area contributed by atoms with Crippen LogP contribution in [0.1, 0.15) is 52.9 Å². The summed E-state index contributed by atoms with van der Waals surface area (Å²) in [6.07, 6.45) is 9.09. The minimum atomic E-state index is 0.917. The molecule has 0 nitrogen and oxygen atoms in total. The van der Waals surface area contributed by atoms with Gasteiger partial charge in [-0.1, -0.05) is 46.5 Å². The maximum Gasteiger partial charge on any atom is -0.0386 e. The standard InChI is InChI=1S/C10H21/c1-4-6-8-10(3)9-7-5-2/h6,10H,4-5,7-9H2,1-3H3. The molecule has 0 N–H and O–H groups in total. The van der Waals surface area contributed by atoms with Crippen molar-refractivity contribution in [2.75, 3.05) is 0 Å². The summed E-state index contributed by atoms with van der Waals surface area (Å²) >= 11 is 0. The summed E-state index contributed by atoms with van der Waals surface area (Å²) < 4.78 is 0. The second kappa shape index (κ2) is 7.11. The molecule has 10 heavy (non-hydrogen) atoms. The van der Waals surface area contributed by atoms with Crippen molar-refractivity contribution in [2.24, 2.45) is 5.92 Å². The van der Waals surface area contributed by atoms with E-state index < -0.39 is 0 Å². The molecule has 0 heteroatoms. The zero-order chi connectivity index (χ0) is 7.82. The molecule has 0 aromatic rings. The van der Waals surface area contributed by atoms with Gasteiger partial charge < -0.3 is 0 Å². The molecule has 0 aromatic heterocycles. The molecule has 0 saturated carbocycles. The summed E-state index contributed by atoms with van der Waals surface area (Å²) in [5, 5.41) is 0. The van der Waals surface area contributed by atoms with Crippen molar-refractivity contribution in [3.8, 4) is 0 Å². The minimum absolute atomic E-state index is 0.917. The van der Waals surface area contributed by atoms with E-state index in [1.54, 1.807) is 0 Å². The van der Waals surface area contributed by atoms with Crippen LogP contribution in [0.2, 0.25) is 0 Å². The topological polar surface area (TPSA) is 0 Å². The van der Waals surface area contributed by atoms with E-state index in [1.807, 2.05) is 0 Å². The second-order valence-electron chi connectivity index (χ2n) is 3.18. The normalized spacial score (nSPS) is 10.8. The molecule has 1 unspecified atom stereocenters. The Labute approximate surface area is 66.0 Å². The first-order valence-electron chi connectivity index (χ1n) is 4.62. The molecular formula is C10H21. The highest BCUT2D eigenvalue weighted by molar-refractivity contribution is 4.66. The number of hydrogen-bond acceptors (Lipinski definition) is 0. The predicted molar refractivity (Wildman–Crippen MR) is 47.9 cm³/mol. The quantitative estimate of drug-likeness (QED) is 0.527. The SMILES string of the molecule is CC[CH]CC(C)CCCC. The van der Waals surface area contributed by atoms with Gasteiger partial charge in [0.25, 0.3) is 0 Å². The summed E-state index contributed by atoms with van der Waals surface area (Å²) in [5.41, 5.74) is 0. The van der Waals surface area contributed by atoms with Crippen LogP contribution in [-0.4, -0.2) is 0 Å². The van der Waals surface area contributed by atoms with E-state index in [-0.39, 0.29) is 0 Å². The molecule has 0 rings (SSSR count). The van der Waals surface area contributed by atoms with Crippen LogP contribution in [0.3, 0.4) is 0 Å². The lowest BCUT2D eigenvalue weighted by Crippen LogP contribution is -1.93. The average molecular weight is 141 g/mol. The Hall–Kier alpha value is 0. The molecule has 0 aliphatic carbocycles. The lowest BCUT2D eigenvalue weighted by Gasteiger charge is -2.08. The van der Waals surface area contributed by atoms with Crippen molar-refractivity contribution in [2.45, 2.75) is 52.9 Å². The van der Waals surface area contributed by atoms with Gasteiger partial charge in [-0.3, -0.25) is 0 Å². The van der Waals surface area contributed by atoms with E-state index in [0.717, 1.165) is 5.92 Å². The highest BCUT2D eigenvalue weighted by Crippen LogP contribution is 2.13. The molecule has 0 spiro atoms.